The van der Waals surface area contributed by atoms with Gasteiger partial charge in [0.05, 0.1) is 26.4 Å². The predicted molar refractivity (Wildman–Crippen MR) is 358 cm³/mol. The zero-order valence-corrected chi connectivity index (χ0v) is 59.4. The third-order valence-corrected chi connectivity index (χ3v) is 18.2. The molecule has 528 valence electrons. The lowest BCUT2D eigenvalue weighted by atomic mass is 10.0. The minimum absolute atomic E-state index is 0.104. The first kappa shape index (κ1) is 87.1. The van der Waals surface area contributed by atoms with Crippen LogP contribution in [0.2, 0.25) is 0 Å². The molecular weight excluding hydrogens is 1170 g/mol. The molecule has 89 heavy (non-hydrogen) atoms. The fraction of sp³-hybridized carbons (Fsp3) is 0.943. The number of ether oxygens (including phenoxy) is 4. The van der Waals surface area contributed by atoms with Gasteiger partial charge in [-0.25, -0.2) is 9.13 Å². The maximum Gasteiger partial charge on any atom is 0.472 e. The number of aliphatic hydroxyl groups excluding tert-OH is 1. The summed E-state index contributed by atoms with van der Waals surface area (Å²) in [4.78, 5) is 72.5. The number of unbranched alkanes of at least 4 members (excludes halogenated alkanes) is 42. The number of aliphatic hydroxyl groups is 1. The van der Waals surface area contributed by atoms with Crippen molar-refractivity contribution in [2.75, 3.05) is 39.6 Å². The summed E-state index contributed by atoms with van der Waals surface area (Å²) < 4.78 is 68.2. The van der Waals surface area contributed by atoms with Crippen LogP contribution in [0, 0.1) is 5.92 Å². The highest BCUT2D eigenvalue weighted by Gasteiger charge is 2.30. The minimum atomic E-state index is -4.95. The Kier molecular flexibility index (Phi) is 62.1. The molecule has 0 rings (SSSR count). The van der Waals surface area contributed by atoms with Crippen LogP contribution in [0.15, 0.2) is 0 Å². The monoisotopic (exact) mass is 1310 g/mol. The van der Waals surface area contributed by atoms with E-state index >= 15 is 0 Å². The van der Waals surface area contributed by atoms with E-state index in [0.29, 0.717) is 31.6 Å². The lowest BCUT2D eigenvalue weighted by molar-refractivity contribution is -0.161. The van der Waals surface area contributed by atoms with E-state index in [-0.39, 0.29) is 25.7 Å². The Hall–Kier alpha value is -1.94. The molecule has 0 aromatic rings. The Balaban J connectivity index is 5.22. The van der Waals surface area contributed by atoms with Crippen LogP contribution in [0.1, 0.15) is 362 Å². The number of hydrogen-bond donors (Lipinski definition) is 3. The quantitative estimate of drug-likeness (QED) is 0.0222. The van der Waals surface area contributed by atoms with E-state index in [1.165, 1.54) is 186 Å². The fourth-order valence-corrected chi connectivity index (χ4v) is 12.2. The molecular formula is C70H136O17P2. The minimum Gasteiger partial charge on any atom is -0.462 e. The van der Waals surface area contributed by atoms with Crippen LogP contribution in [0.25, 0.3) is 0 Å². The molecule has 0 radical (unpaired) electrons. The first-order chi connectivity index (χ1) is 43.0. The molecule has 0 spiro atoms. The smallest absolute Gasteiger partial charge is 0.462 e. The van der Waals surface area contributed by atoms with Crippen molar-refractivity contribution < 1.29 is 80.2 Å². The standard InChI is InChI=1S/C70H136O17P2/c1-6-9-12-15-18-21-23-25-26-27-28-30-32-35-40-45-50-55-69(74)86-65(59-81-68(73)54-49-44-39-34-31-29-24-22-19-16-13-10-7-2)61-84-88(76,77)82-57-64(71)58-83-89(78,79)85-62-66(60-80-67(72)53-48-43-38-33-20-17-14-11-8-3)87-70(75)56-51-46-41-36-37-42-47-52-63(4)5/h63-66,71H,6-62H2,1-5H3,(H,76,77)(H,78,79)/t64-,65-,66-/m1/s1. The Morgan fingerprint density at radius 3 is 0.764 bits per heavy atom. The molecule has 17 nitrogen and oxygen atoms in total. The van der Waals surface area contributed by atoms with Crippen LogP contribution in [0.4, 0.5) is 0 Å². The van der Waals surface area contributed by atoms with Gasteiger partial charge in [-0.3, -0.25) is 37.3 Å². The number of phosphoric acid groups is 2. The Labute approximate surface area is 543 Å². The van der Waals surface area contributed by atoms with E-state index < -0.39 is 97.5 Å². The van der Waals surface area contributed by atoms with Gasteiger partial charge < -0.3 is 33.8 Å². The number of hydrogen-bond acceptors (Lipinski definition) is 15. The zero-order valence-electron chi connectivity index (χ0n) is 57.6. The molecule has 5 atom stereocenters. The summed E-state index contributed by atoms with van der Waals surface area (Å²) >= 11 is 0. The Bertz CT molecular complexity index is 1720. The third kappa shape index (κ3) is 64.6. The summed E-state index contributed by atoms with van der Waals surface area (Å²) in [6, 6.07) is 0. The lowest BCUT2D eigenvalue weighted by Crippen LogP contribution is -2.30. The van der Waals surface area contributed by atoms with E-state index in [9.17, 15) is 43.2 Å². The Morgan fingerprint density at radius 1 is 0.303 bits per heavy atom. The molecule has 0 amide bonds. The number of rotatable bonds is 70. The number of phosphoric ester groups is 2. The highest BCUT2D eigenvalue weighted by Crippen LogP contribution is 2.45. The van der Waals surface area contributed by atoms with Gasteiger partial charge in [0.15, 0.2) is 12.2 Å². The number of carbonyl (C=O) groups is 4. The zero-order chi connectivity index (χ0) is 65.6. The summed E-state index contributed by atoms with van der Waals surface area (Å²) in [6.07, 6.45) is 50.0. The van der Waals surface area contributed by atoms with Gasteiger partial charge in [-0.1, -0.05) is 311 Å². The lowest BCUT2D eigenvalue weighted by Gasteiger charge is -2.21. The molecule has 0 aliphatic carbocycles. The van der Waals surface area contributed by atoms with Gasteiger partial charge in [0.25, 0.3) is 0 Å². The molecule has 3 N–H and O–H groups in total. The molecule has 0 aliphatic heterocycles. The van der Waals surface area contributed by atoms with E-state index in [4.69, 9.17) is 37.0 Å². The number of carbonyl (C=O) groups excluding carboxylic acids is 4. The van der Waals surface area contributed by atoms with Crippen molar-refractivity contribution in [1.29, 1.82) is 0 Å². The van der Waals surface area contributed by atoms with Gasteiger partial charge in [0.1, 0.15) is 19.3 Å². The average Bonchev–Trinajstić information content (AvgIpc) is 3.66. The van der Waals surface area contributed by atoms with Crippen LogP contribution < -0.4 is 0 Å². The summed E-state index contributed by atoms with van der Waals surface area (Å²) in [5, 5.41) is 10.6. The molecule has 0 aromatic heterocycles. The van der Waals surface area contributed by atoms with E-state index in [1.54, 1.807) is 0 Å². The van der Waals surface area contributed by atoms with Crippen molar-refractivity contribution in [3.63, 3.8) is 0 Å². The molecule has 2 unspecified atom stereocenters. The van der Waals surface area contributed by atoms with Crippen molar-refractivity contribution in [3.05, 3.63) is 0 Å². The first-order valence-electron chi connectivity index (χ1n) is 36.6. The molecule has 0 saturated carbocycles. The fourth-order valence-electron chi connectivity index (χ4n) is 10.6. The van der Waals surface area contributed by atoms with Gasteiger partial charge in [-0.15, -0.1) is 0 Å². The van der Waals surface area contributed by atoms with Crippen LogP contribution in [0.5, 0.6) is 0 Å². The third-order valence-electron chi connectivity index (χ3n) is 16.3. The second kappa shape index (κ2) is 63.5. The van der Waals surface area contributed by atoms with Crippen LogP contribution in [0.3, 0.4) is 0 Å². The van der Waals surface area contributed by atoms with Gasteiger partial charge in [0, 0.05) is 25.7 Å². The van der Waals surface area contributed by atoms with Crippen molar-refractivity contribution in [1.82, 2.24) is 0 Å². The molecule has 19 heteroatoms. The van der Waals surface area contributed by atoms with E-state index in [0.717, 1.165) is 89.9 Å². The van der Waals surface area contributed by atoms with Gasteiger partial charge in [-0.2, -0.15) is 0 Å². The topological polar surface area (TPSA) is 237 Å². The van der Waals surface area contributed by atoms with Crippen molar-refractivity contribution in [3.8, 4) is 0 Å². The van der Waals surface area contributed by atoms with Gasteiger partial charge in [0.2, 0.25) is 0 Å². The maximum atomic E-state index is 13.0. The highest BCUT2D eigenvalue weighted by atomic mass is 31.2. The molecule has 0 saturated heterocycles. The Morgan fingerprint density at radius 2 is 0.517 bits per heavy atom. The molecule has 0 fully saturated rings. The van der Waals surface area contributed by atoms with Crippen molar-refractivity contribution in [2.24, 2.45) is 5.92 Å². The van der Waals surface area contributed by atoms with Gasteiger partial charge in [-0.05, 0) is 31.6 Å². The van der Waals surface area contributed by atoms with Crippen LogP contribution in [-0.2, 0) is 65.4 Å². The van der Waals surface area contributed by atoms with Crippen LogP contribution in [-0.4, -0.2) is 96.7 Å². The summed E-state index contributed by atoms with van der Waals surface area (Å²) in [5.41, 5.74) is 0. The molecule has 0 heterocycles. The molecule has 0 aromatic carbocycles. The van der Waals surface area contributed by atoms with Crippen LogP contribution >= 0.6 is 15.6 Å². The van der Waals surface area contributed by atoms with E-state index in [2.05, 4.69) is 34.6 Å². The summed E-state index contributed by atoms with van der Waals surface area (Å²) in [6.45, 7) is 7.17. The second-order valence-electron chi connectivity index (χ2n) is 25.7. The highest BCUT2D eigenvalue weighted by molar-refractivity contribution is 7.47. The van der Waals surface area contributed by atoms with E-state index in [1.807, 2.05) is 0 Å². The largest absolute Gasteiger partial charge is 0.472 e. The van der Waals surface area contributed by atoms with Crippen molar-refractivity contribution >= 4 is 39.5 Å². The summed E-state index contributed by atoms with van der Waals surface area (Å²) in [5.74, 6) is -1.43. The summed E-state index contributed by atoms with van der Waals surface area (Å²) in [7, 11) is -9.90. The average molecular weight is 1310 g/mol. The van der Waals surface area contributed by atoms with Gasteiger partial charge >= 0.3 is 39.5 Å². The first-order valence-corrected chi connectivity index (χ1v) is 39.6. The number of esters is 4. The predicted octanol–water partition coefficient (Wildman–Crippen LogP) is 20.1. The normalized spacial score (nSPS) is 14.1. The SMILES string of the molecule is CCCCCCCCCCCCCCCCCCCC(=O)O[C@H](COC(=O)CCCCCCCCCCCCCCC)COP(=O)(O)OC[C@@H](O)COP(=O)(O)OC[C@@H](COC(=O)CCCCCCCCCCC)OC(=O)CCCCCCCCCC(C)C. The van der Waals surface area contributed by atoms with Crippen molar-refractivity contribution in [2.45, 2.75) is 380 Å². The maximum absolute atomic E-state index is 13.0. The molecule has 0 aliphatic rings. The molecule has 0 bridgehead atoms. The second-order valence-corrected chi connectivity index (χ2v) is 28.7.